The van der Waals surface area contributed by atoms with Crippen LogP contribution in [0.3, 0.4) is 0 Å². The second kappa shape index (κ2) is 7.83. The van der Waals surface area contributed by atoms with Crippen molar-refractivity contribution in [3.05, 3.63) is 35.9 Å². The highest BCUT2D eigenvalue weighted by molar-refractivity contribution is 5.85. The van der Waals surface area contributed by atoms with Crippen molar-refractivity contribution in [3.63, 3.8) is 0 Å². The van der Waals surface area contributed by atoms with E-state index in [1.807, 2.05) is 18.2 Å². The molecule has 21 heavy (non-hydrogen) atoms. The Labute approximate surface area is 134 Å². The third-order valence-corrected chi connectivity index (χ3v) is 4.19. The number of methoxy groups -OCH3 is 1. The predicted octanol–water partition coefficient (Wildman–Crippen LogP) is 3.19. The SMILES string of the molecule is COc1ccccc1/C=C/CN1CCC(N)C(C)(C)C1.Cl. The van der Waals surface area contributed by atoms with Crippen molar-refractivity contribution in [1.29, 1.82) is 0 Å². The summed E-state index contributed by atoms with van der Waals surface area (Å²) in [5.74, 6) is 0.921. The van der Waals surface area contributed by atoms with Gasteiger partial charge in [0.05, 0.1) is 7.11 Å². The number of para-hydroxylation sites is 1. The third kappa shape index (κ3) is 4.73. The first-order chi connectivity index (χ1) is 9.53. The number of likely N-dealkylation sites (tertiary alicyclic amines) is 1. The van der Waals surface area contributed by atoms with Crippen LogP contribution in [-0.2, 0) is 0 Å². The number of halogens is 1. The van der Waals surface area contributed by atoms with Gasteiger partial charge in [0.25, 0.3) is 0 Å². The van der Waals surface area contributed by atoms with E-state index in [4.69, 9.17) is 10.5 Å². The molecule has 0 radical (unpaired) electrons. The lowest BCUT2D eigenvalue weighted by molar-refractivity contribution is 0.105. The van der Waals surface area contributed by atoms with E-state index in [-0.39, 0.29) is 17.8 Å². The van der Waals surface area contributed by atoms with Gasteiger partial charge in [-0.2, -0.15) is 0 Å². The molecular weight excluding hydrogens is 284 g/mol. The van der Waals surface area contributed by atoms with Crippen LogP contribution in [0.15, 0.2) is 30.3 Å². The molecule has 1 aliphatic heterocycles. The number of benzene rings is 1. The van der Waals surface area contributed by atoms with Crippen LogP contribution in [0, 0.1) is 5.41 Å². The van der Waals surface area contributed by atoms with Gasteiger partial charge < -0.3 is 10.5 Å². The summed E-state index contributed by atoms with van der Waals surface area (Å²) in [4.78, 5) is 2.47. The Hall–Kier alpha value is -1.03. The van der Waals surface area contributed by atoms with Crippen molar-refractivity contribution in [3.8, 4) is 5.75 Å². The van der Waals surface area contributed by atoms with E-state index in [0.29, 0.717) is 6.04 Å². The fraction of sp³-hybridized carbons (Fsp3) is 0.529. The van der Waals surface area contributed by atoms with E-state index >= 15 is 0 Å². The summed E-state index contributed by atoms with van der Waals surface area (Å²) < 4.78 is 5.35. The first-order valence-electron chi connectivity index (χ1n) is 7.30. The number of nitrogens with zero attached hydrogens (tertiary/aromatic N) is 1. The van der Waals surface area contributed by atoms with E-state index in [1.165, 1.54) is 0 Å². The summed E-state index contributed by atoms with van der Waals surface area (Å²) >= 11 is 0. The smallest absolute Gasteiger partial charge is 0.126 e. The highest BCUT2D eigenvalue weighted by Gasteiger charge is 2.32. The summed E-state index contributed by atoms with van der Waals surface area (Å²) in [7, 11) is 1.71. The molecule has 0 aliphatic carbocycles. The molecule has 1 aromatic carbocycles. The zero-order chi connectivity index (χ0) is 14.6. The van der Waals surface area contributed by atoms with Gasteiger partial charge in [0.1, 0.15) is 5.75 Å². The molecule has 1 aliphatic rings. The van der Waals surface area contributed by atoms with Gasteiger partial charge in [0, 0.05) is 24.7 Å². The summed E-state index contributed by atoms with van der Waals surface area (Å²) in [5, 5.41) is 0. The van der Waals surface area contributed by atoms with Crippen molar-refractivity contribution in [2.75, 3.05) is 26.7 Å². The minimum atomic E-state index is 0. The van der Waals surface area contributed by atoms with E-state index < -0.39 is 0 Å². The van der Waals surface area contributed by atoms with Crippen LogP contribution in [0.5, 0.6) is 5.75 Å². The van der Waals surface area contributed by atoms with Crippen molar-refractivity contribution in [2.45, 2.75) is 26.3 Å². The van der Waals surface area contributed by atoms with Crippen LogP contribution < -0.4 is 10.5 Å². The first kappa shape index (κ1) is 18.0. The summed E-state index contributed by atoms with van der Waals surface area (Å²) in [6.45, 7) is 7.63. The largest absolute Gasteiger partial charge is 0.496 e. The Balaban J connectivity index is 0.00000220. The average Bonchev–Trinajstić information content (AvgIpc) is 2.43. The zero-order valence-electron chi connectivity index (χ0n) is 13.2. The molecule has 2 rings (SSSR count). The maximum Gasteiger partial charge on any atom is 0.126 e. The van der Waals surface area contributed by atoms with Crippen LogP contribution in [0.1, 0.15) is 25.8 Å². The molecule has 1 fully saturated rings. The molecule has 118 valence electrons. The fourth-order valence-corrected chi connectivity index (χ4v) is 2.77. The monoisotopic (exact) mass is 310 g/mol. The quantitative estimate of drug-likeness (QED) is 0.928. The molecular formula is C17H27ClN2O. The second-order valence-electron chi connectivity index (χ2n) is 6.26. The van der Waals surface area contributed by atoms with Gasteiger partial charge in [-0.1, -0.05) is 44.2 Å². The van der Waals surface area contributed by atoms with Crippen molar-refractivity contribution < 1.29 is 4.74 Å². The molecule has 0 saturated carbocycles. The van der Waals surface area contributed by atoms with Crippen molar-refractivity contribution >= 4 is 18.5 Å². The highest BCUT2D eigenvalue weighted by atomic mass is 35.5. The Morgan fingerprint density at radius 2 is 2.10 bits per heavy atom. The Morgan fingerprint density at radius 3 is 2.76 bits per heavy atom. The summed E-state index contributed by atoms with van der Waals surface area (Å²) in [5.41, 5.74) is 7.50. The fourth-order valence-electron chi connectivity index (χ4n) is 2.77. The Kier molecular flexibility index (Phi) is 6.72. The standard InChI is InChI=1S/C17H26N2O.ClH/c1-17(2)13-19(12-10-16(17)18)11-6-8-14-7-4-5-9-15(14)20-3;/h4-9,16H,10-13,18H2,1-3H3;1H/b8-6+;. The molecule has 3 nitrogen and oxygen atoms in total. The van der Waals surface area contributed by atoms with Gasteiger partial charge in [0.15, 0.2) is 0 Å². The van der Waals surface area contributed by atoms with Crippen LogP contribution in [-0.4, -0.2) is 37.7 Å². The summed E-state index contributed by atoms with van der Waals surface area (Å²) in [6.07, 6.45) is 5.43. The van der Waals surface area contributed by atoms with Crippen LogP contribution in [0.2, 0.25) is 0 Å². The third-order valence-electron chi connectivity index (χ3n) is 4.19. The molecule has 0 spiro atoms. The van der Waals surface area contributed by atoms with Gasteiger partial charge in [-0.25, -0.2) is 0 Å². The predicted molar refractivity (Wildman–Crippen MR) is 92.1 cm³/mol. The van der Waals surface area contributed by atoms with Gasteiger partial charge >= 0.3 is 0 Å². The molecule has 1 saturated heterocycles. The molecule has 0 bridgehead atoms. The van der Waals surface area contributed by atoms with Crippen molar-refractivity contribution in [1.82, 2.24) is 4.90 Å². The first-order valence-corrected chi connectivity index (χ1v) is 7.30. The maximum absolute atomic E-state index is 6.17. The van der Waals surface area contributed by atoms with Gasteiger partial charge in [-0.15, -0.1) is 12.4 Å². The Morgan fingerprint density at radius 1 is 1.38 bits per heavy atom. The van der Waals surface area contributed by atoms with Crippen LogP contribution in [0.4, 0.5) is 0 Å². The molecule has 0 amide bonds. The van der Waals surface area contributed by atoms with E-state index in [9.17, 15) is 0 Å². The van der Waals surface area contributed by atoms with Crippen LogP contribution in [0.25, 0.3) is 6.08 Å². The van der Waals surface area contributed by atoms with E-state index in [2.05, 4.69) is 37.0 Å². The number of ether oxygens (including phenoxy) is 1. The average molecular weight is 311 g/mol. The number of piperidine rings is 1. The van der Waals surface area contributed by atoms with Gasteiger partial charge in [0.2, 0.25) is 0 Å². The molecule has 4 heteroatoms. The molecule has 1 heterocycles. The molecule has 2 N–H and O–H groups in total. The number of hydrogen-bond donors (Lipinski definition) is 1. The molecule has 1 atom stereocenters. The molecule has 1 unspecified atom stereocenters. The lowest BCUT2D eigenvalue weighted by Gasteiger charge is -2.42. The molecule has 0 aromatic heterocycles. The zero-order valence-corrected chi connectivity index (χ0v) is 14.0. The van der Waals surface area contributed by atoms with E-state index in [0.717, 1.165) is 37.4 Å². The number of nitrogens with two attached hydrogens (primary N) is 1. The minimum absolute atomic E-state index is 0. The lowest BCUT2D eigenvalue weighted by Crippen LogP contribution is -2.52. The van der Waals surface area contributed by atoms with E-state index in [1.54, 1.807) is 7.11 Å². The topological polar surface area (TPSA) is 38.5 Å². The highest BCUT2D eigenvalue weighted by Crippen LogP contribution is 2.27. The molecule has 1 aromatic rings. The van der Waals surface area contributed by atoms with Gasteiger partial charge in [-0.05, 0) is 24.4 Å². The van der Waals surface area contributed by atoms with Crippen molar-refractivity contribution in [2.24, 2.45) is 11.1 Å². The Bertz CT molecular complexity index is 474. The summed E-state index contributed by atoms with van der Waals surface area (Å²) in [6, 6.07) is 8.40. The van der Waals surface area contributed by atoms with Gasteiger partial charge in [-0.3, -0.25) is 4.90 Å². The van der Waals surface area contributed by atoms with Crippen LogP contribution >= 0.6 is 12.4 Å². The number of rotatable bonds is 4. The maximum atomic E-state index is 6.17. The minimum Gasteiger partial charge on any atom is -0.496 e. The normalized spacial score (nSPS) is 22.0. The lowest BCUT2D eigenvalue weighted by atomic mass is 9.80. The second-order valence-corrected chi connectivity index (χ2v) is 6.26. The number of hydrogen-bond acceptors (Lipinski definition) is 3.